The number of halogens is 1. The Labute approximate surface area is 134 Å². The highest BCUT2D eigenvalue weighted by atomic mass is 35.5. The molecule has 2 rings (SSSR count). The number of phenolic OH excluding ortho intramolecular Hbond substituents is 1. The Balaban J connectivity index is 2.00. The maximum Gasteiger partial charge on any atom is 0.248 e. The van der Waals surface area contributed by atoms with Gasteiger partial charge in [-0.2, -0.15) is 0 Å². The third-order valence-corrected chi connectivity index (χ3v) is 3.07. The van der Waals surface area contributed by atoms with E-state index in [0.29, 0.717) is 11.6 Å². The van der Waals surface area contributed by atoms with Crippen LogP contribution in [-0.4, -0.2) is 17.6 Å². The topological polar surface area (TPSA) is 58.6 Å². The van der Waals surface area contributed by atoms with Crippen molar-refractivity contribution in [1.29, 1.82) is 0 Å². The first-order valence-electron chi connectivity index (χ1n) is 6.79. The van der Waals surface area contributed by atoms with Crippen LogP contribution in [0.2, 0.25) is 5.02 Å². The van der Waals surface area contributed by atoms with Gasteiger partial charge in [0.2, 0.25) is 5.91 Å². The summed E-state index contributed by atoms with van der Waals surface area (Å²) in [4.78, 5) is 11.8. The molecule has 2 aromatic carbocycles. The van der Waals surface area contributed by atoms with E-state index in [2.05, 4.69) is 5.32 Å². The molecule has 0 aliphatic rings. The molecule has 114 valence electrons. The zero-order valence-electron chi connectivity index (χ0n) is 12.0. The summed E-state index contributed by atoms with van der Waals surface area (Å²) >= 11 is 5.82. The molecule has 1 amide bonds. The number of carbonyl (C=O) groups is 1. The molecule has 0 heterocycles. The molecule has 0 aromatic heterocycles. The normalized spacial score (nSPS) is 10.6. The van der Waals surface area contributed by atoms with E-state index in [1.807, 2.05) is 31.2 Å². The van der Waals surface area contributed by atoms with Crippen molar-refractivity contribution in [3.63, 3.8) is 0 Å². The summed E-state index contributed by atoms with van der Waals surface area (Å²) < 4.78 is 5.35. The predicted molar refractivity (Wildman–Crippen MR) is 88.4 cm³/mol. The van der Waals surface area contributed by atoms with Crippen LogP contribution in [0.3, 0.4) is 0 Å². The molecule has 2 N–H and O–H groups in total. The number of aromatic hydroxyl groups is 1. The van der Waals surface area contributed by atoms with Gasteiger partial charge in [0.05, 0.1) is 12.3 Å². The Morgan fingerprint density at radius 3 is 2.68 bits per heavy atom. The largest absolute Gasteiger partial charge is 0.506 e. The van der Waals surface area contributed by atoms with Gasteiger partial charge in [-0.15, -0.1) is 0 Å². The van der Waals surface area contributed by atoms with Crippen LogP contribution in [0.4, 0.5) is 5.69 Å². The van der Waals surface area contributed by atoms with Crippen molar-refractivity contribution in [3.8, 4) is 11.5 Å². The lowest BCUT2D eigenvalue weighted by Crippen LogP contribution is -2.07. The number of benzene rings is 2. The smallest absolute Gasteiger partial charge is 0.248 e. The fraction of sp³-hybridized carbons (Fsp3) is 0.118. The summed E-state index contributed by atoms with van der Waals surface area (Å²) in [5, 5.41) is 12.6. The molecule has 4 nitrogen and oxygen atoms in total. The molecule has 0 spiro atoms. The molecule has 0 saturated carbocycles. The second-order valence-electron chi connectivity index (χ2n) is 4.49. The molecule has 0 atom stereocenters. The number of phenols is 1. The highest BCUT2D eigenvalue weighted by Crippen LogP contribution is 2.26. The number of ether oxygens (including phenoxy) is 1. The summed E-state index contributed by atoms with van der Waals surface area (Å²) in [7, 11) is 0. The first-order chi connectivity index (χ1) is 10.6. The second-order valence-corrected chi connectivity index (χ2v) is 4.92. The molecular weight excluding hydrogens is 302 g/mol. The van der Waals surface area contributed by atoms with E-state index in [0.717, 1.165) is 11.3 Å². The van der Waals surface area contributed by atoms with Crippen LogP contribution in [0.5, 0.6) is 11.5 Å². The second kappa shape index (κ2) is 7.52. The van der Waals surface area contributed by atoms with Crippen LogP contribution >= 0.6 is 11.6 Å². The summed E-state index contributed by atoms with van der Waals surface area (Å²) in [6, 6.07) is 11.8. The van der Waals surface area contributed by atoms with E-state index >= 15 is 0 Å². The molecule has 22 heavy (non-hydrogen) atoms. The van der Waals surface area contributed by atoms with Gasteiger partial charge in [0.1, 0.15) is 11.5 Å². The van der Waals surface area contributed by atoms with Gasteiger partial charge < -0.3 is 15.2 Å². The number of rotatable bonds is 5. The lowest BCUT2D eigenvalue weighted by atomic mass is 10.2. The minimum atomic E-state index is -0.355. The fourth-order valence-electron chi connectivity index (χ4n) is 1.80. The van der Waals surface area contributed by atoms with Crippen molar-refractivity contribution in [3.05, 3.63) is 59.1 Å². The maximum atomic E-state index is 11.8. The van der Waals surface area contributed by atoms with Crippen molar-refractivity contribution in [2.24, 2.45) is 0 Å². The quantitative estimate of drug-likeness (QED) is 0.645. The first kappa shape index (κ1) is 15.9. The number of amides is 1. The van der Waals surface area contributed by atoms with Gasteiger partial charge in [0, 0.05) is 11.1 Å². The van der Waals surface area contributed by atoms with Crippen molar-refractivity contribution in [1.82, 2.24) is 0 Å². The zero-order chi connectivity index (χ0) is 15.9. The molecule has 5 heteroatoms. The molecule has 0 radical (unpaired) electrons. The zero-order valence-corrected chi connectivity index (χ0v) is 12.8. The minimum Gasteiger partial charge on any atom is -0.506 e. The van der Waals surface area contributed by atoms with Crippen molar-refractivity contribution in [2.75, 3.05) is 11.9 Å². The van der Waals surface area contributed by atoms with Crippen molar-refractivity contribution in [2.45, 2.75) is 6.92 Å². The highest BCUT2D eigenvalue weighted by Gasteiger charge is 2.04. The van der Waals surface area contributed by atoms with Crippen LogP contribution in [0.1, 0.15) is 12.5 Å². The third-order valence-electron chi connectivity index (χ3n) is 2.83. The van der Waals surface area contributed by atoms with Crippen molar-refractivity contribution >= 4 is 29.3 Å². The summed E-state index contributed by atoms with van der Waals surface area (Å²) in [6.07, 6.45) is 3.06. The molecule has 0 bridgehead atoms. The van der Waals surface area contributed by atoms with Crippen LogP contribution in [-0.2, 0) is 4.79 Å². The van der Waals surface area contributed by atoms with E-state index in [-0.39, 0.29) is 17.3 Å². The third kappa shape index (κ3) is 4.53. The number of hydrogen-bond donors (Lipinski definition) is 2. The molecular formula is C17H16ClNO3. The summed E-state index contributed by atoms with van der Waals surface area (Å²) in [5.74, 6) is 0.395. The molecule has 2 aromatic rings. The van der Waals surface area contributed by atoms with Crippen molar-refractivity contribution < 1.29 is 14.6 Å². The lowest BCUT2D eigenvalue weighted by molar-refractivity contribution is -0.111. The van der Waals surface area contributed by atoms with Gasteiger partial charge in [-0.1, -0.05) is 23.7 Å². The van der Waals surface area contributed by atoms with E-state index in [4.69, 9.17) is 16.3 Å². The standard InChI is InChI=1S/C17H16ClNO3/c1-2-22-14-7-3-12(4-8-14)5-10-17(21)19-15-11-13(18)6-9-16(15)20/h3-11,20H,2H2,1H3,(H,19,21)/b10-5+. The predicted octanol–water partition coefficient (Wildman–Crippen LogP) is 4.10. The monoisotopic (exact) mass is 317 g/mol. The number of carbonyl (C=O) groups excluding carboxylic acids is 1. The lowest BCUT2D eigenvalue weighted by Gasteiger charge is -2.05. The maximum absolute atomic E-state index is 11.8. The average Bonchev–Trinajstić information content (AvgIpc) is 2.51. The van der Waals surface area contributed by atoms with E-state index in [1.165, 1.54) is 18.2 Å². The molecule has 0 aliphatic heterocycles. The van der Waals surface area contributed by atoms with Gasteiger partial charge in [-0.05, 0) is 48.9 Å². The number of anilines is 1. The molecule has 0 fully saturated rings. The van der Waals surface area contributed by atoms with Gasteiger partial charge in [-0.3, -0.25) is 4.79 Å². The highest BCUT2D eigenvalue weighted by molar-refractivity contribution is 6.31. The molecule has 0 saturated heterocycles. The minimum absolute atomic E-state index is 0.0350. The fourth-order valence-corrected chi connectivity index (χ4v) is 1.97. The van der Waals surface area contributed by atoms with Gasteiger partial charge in [0.15, 0.2) is 0 Å². The Morgan fingerprint density at radius 1 is 1.27 bits per heavy atom. The van der Waals surface area contributed by atoms with E-state index in [9.17, 15) is 9.90 Å². The Bertz CT molecular complexity index is 681. The summed E-state index contributed by atoms with van der Waals surface area (Å²) in [6.45, 7) is 2.53. The Hall–Kier alpha value is -2.46. The van der Waals surface area contributed by atoms with Gasteiger partial charge >= 0.3 is 0 Å². The van der Waals surface area contributed by atoms with Gasteiger partial charge in [0.25, 0.3) is 0 Å². The molecule has 0 unspecified atom stereocenters. The van der Waals surface area contributed by atoms with Crippen LogP contribution in [0.15, 0.2) is 48.5 Å². The number of nitrogens with one attached hydrogen (secondary N) is 1. The number of hydrogen-bond acceptors (Lipinski definition) is 3. The molecule has 0 aliphatic carbocycles. The Morgan fingerprint density at radius 2 is 2.00 bits per heavy atom. The SMILES string of the molecule is CCOc1ccc(/C=C/C(=O)Nc2cc(Cl)ccc2O)cc1. The van der Waals surface area contributed by atoms with Gasteiger partial charge in [-0.25, -0.2) is 0 Å². The average molecular weight is 318 g/mol. The van der Waals surface area contributed by atoms with Crippen LogP contribution < -0.4 is 10.1 Å². The van der Waals surface area contributed by atoms with E-state index in [1.54, 1.807) is 12.1 Å². The van der Waals surface area contributed by atoms with E-state index < -0.39 is 0 Å². The van der Waals surface area contributed by atoms with Crippen LogP contribution in [0, 0.1) is 0 Å². The summed E-state index contributed by atoms with van der Waals surface area (Å²) in [5.41, 5.74) is 1.14. The Kier molecular flexibility index (Phi) is 5.44. The first-order valence-corrected chi connectivity index (χ1v) is 7.16. The van der Waals surface area contributed by atoms with Crippen LogP contribution in [0.25, 0.3) is 6.08 Å².